The zero-order chi connectivity index (χ0) is 23.5. The van der Waals surface area contributed by atoms with Crippen LogP contribution in [0.4, 0.5) is 14.6 Å². The van der Waals surface area contributed by atoms with Gasteiger partial charge in [-0.05, 0) is 58.4 Å². The lowest BCUT2D eigenvalue weighted by molar-refractivity contribution is 0.0992. The molecule has 0 aliphatic heterocycles. The minimum atomic E-state index is -0.545. The fourth-order valence-corrected chi connectivity index (χ4v) is 3.76. The summed E-state index contributed by atoms with van der Waals surface area (Å²) in [4.78, 5) is 12.6. The van der Waals surface area contributed by atoms with Crippen molar-refractivity contribution in [1.82, 2.24) is 9.78 Å². The molecule has 2 heterocycles. The Morgan fingerprint density at radius 1 is 1.15 bits per heavy atom. The number of aromatic nitrogens is 2. The Kier molecular flexibility index (Phi) is 7.02. The molecule has 33 heavy (non-hydrogen) atoms. The molecule has 0 spiro atoms. The van der Waals surface area contributed by atoms with E-state index in [1.54, 1.807) is 18.3 Å². The molecular formula is C22H14BrCl2F2N3O3. The molecule has 4 aromatic rings. The molecule has 11 heteroatoms. The highest BCUT2D eigenvalue weighted by Crippen LogP contribution is 2.27. The number of hydrogen-bond acceptors (Lipinski definition) is 4. The van der Waals surface area contributed by atoms with Gasteiger partial charge in [0.2, 0.25) is 0 Å². The largest absolute Gasteiger partial charge is 0.484 e. The van der Waals surface area contributed by atoms with Crippen LogP contribution in [0.25, 0.3) is 0 Å². The van der Waals surface area contributed by atoms with Crippen molar-refractivity contribution in [1.29, 1.82) is 0 Å². The topological polar surface area (TPSA) is 69.3 Å². The number of halogens is 5. The summed E-state index contributed by atoms with van der Waals surface area (Å²) in [5, 5.41) is 7.27. The van der Waals surface area contributed by atoms with Crippen LogP contribution < -0.4 is 10.1 Å². The normalized spacial score (nSPS) is 10.9. The number of rotatable bonds is 7. The van der Waals surface area contributed by atoms with Gasteiger partial charge in [-0.3, -0.25) is 9.48 Å². The Bertz CT molecular complexity index is 1310. The Morgan fingerprint density at radius 2 is 1.97 bits per heavy atom. The van der Waals surface area contributed by atoms with Gasteiger partial charge in [-0.15, -0.1) is 0 Å². The predicted octanol–water partition coefficient (Wildman–Crippen LogP) is 6.70. The maximum Gasteiger partial charge on any atom is 0.292 e. The minimum Gasteiger partial charge on any atom is -0.484 e. The first-order valence-corrected chi connectivity index (χ1v) is 11.0. The third-order valence-corrected chi connectivity index (χ3v) is 5.71. The number of ether oxygens (including phenoxy) is 1. The SMILES string of the molecule is O=C(Nc1nn(Cc2c(F)cccc2Cl)cc1Br)c1ccc(COc2ccc(F)cc2Cl)o1. The zero-order valence-electron chi connectivity index (χ0n) is 16.6. The van der Waals surface area contributed by atoms with Gasteiger partial charge >= 0.3 is 0 Å². The molecule has 0 aliphatic carbocycles. The van der Waals surface area contributed by atoms with Gasteiger partial charge in [0.05, 0.1) is 16.0 Å². The Labute approximate surface area is 205 Å². The fourth-order valence-electron chi connectivity index (χ4n) is 2.90. The van der Waals surface area contributed by atoms with E-state index in [-0.39, 0.29) is 46.1 Å². The van der Waals surface area contributed by atoms with Crippen molar-refractivity contribution >= 4 is 50.9 Å². The van der Waals surface area contributed by atoms with Gasteiger partial charge in [0.15, 0.2) is 11.6 Å². The first kappa shape index (κ1) is 23.3. The van der Waals surface area contributed by atoms with Crippen LogP contribution in [-0.4, -0.2) is 15.7 Å². The molecule has 0 aliphatic rings. The molecule has 0 radical (unpaired) electrons. The number of nitrogens with zero attached hydrogens (tertiary/aromatic N) is 2. The molecule has 1 N–H and O–H groups in total. The van der Waals surface area contributed by atoms with Gasteiger partial charge in [-0.2, -0.15) is 5.10 Å². The molecule has 0 saturated carbocycles. The second-order valence-corrected chi connectivity index (χ2v) is 8.48. The van der Waals surface area contributed by atoms with Crippen LogP contribution in [-0.2, 0) is 13.2 Å². The number of hydrogen-bond donors (Lipinski definition) is 1. The van der Waals surface area contributed by atoms with E-state index in [0.717, 1.165) is 6.07 Å². The van der Waals surface area contributed by atoms with Crippen molar-refractivity contribution in [3.05, 3.63) is 98.0 Å². The summed E-state index contributed by atoms with van der Waals surface area (Å²) < 4.78 is 40.1. The highest BCUT2D eigenvalue weighted by molar-refractivity contribution is 9.10. The van der Waals surface area contributed by atoms with E-state index in [1.807, 2.05) is 0 Å². The number of carbonyl (C=O) groups is 1. The minimum absolute atomic E-state index is 0.0135. The highest BCUT2D eigenvalue weighted by Gasteiger charge is 2.17. The Balaban J connectivity index is 1.40. The average molecular weight is 557 g/mol. The first-order valence-electron chi connectivity index (χ1n) is 9.44. The van der Waals surface area contributed by atoms with E-state index >= 15 is 0 Å². The van der Waals surface area contributed by atoms with Gasteiger partial charge in [-0.1, -0.05) is 29.3 Å². The van der Waals surface area contributed by atoms with E-state index in [0.29, 0.717) is 10.2 Å². The van der Waals surface area contributed by atoms with Crippen LogP contribution in [0, 0.1) is 11.6 Å². The van der Waals surface area contributed by atoms with E-state index in [2.05, 4.69) is 26.3 Å². The number of amides is 1. The quantitative estimate of drug-likeness (QED) is 0.275. The van der Waals surface area contributed by atoms with E-state index in [4.69, 9.17) is 32.4 Å². The summed E-state index contributed by atoms with van der Waals surface area (Å²) in [5.74, 6) is -0.584. The number of carbonyl (C=O) groups excluding carboxylic acids is 1. The van der Waals surface area contributed by atoms with E-state index in [1.165, 1.54) is 35.0 Å². The van der Waals surface area contributed by atoms with Crippen LogP contribution in [0.15, 0.2) is 63.6 Å². The number of nitrogens with one attached hydrogen (secondary N) is 1. The third kappa shape index (κ3) is 5.55. The zero-order valence-corrected chi connectivity index (χ0v) is 19.7. The van der Waals surface area contributed by atoms with Crippen LogP contribution in [0.1, 0.15) is 21.9 Å². The van der Waals surface area contributed by atoms with E-state index < -0.39 is 17.5 Å². The molecule has 0 saturated heterocycles. The maximum atomic E-state index is 14.0. The highest BCUT2D eigenvalue weighted by atomic mass is 79.9. The molecule has 1 amide bonds. The smallest absolute Gasteiger partial charge is 0.292 e. The molecule has 0 atom stereocenters. The molecular weight excluding hydrogens is 543 g/mol. The van der Waals surface area contributed by atoms with E-state index in [9.17, 15) is 13.6 Å². The fraction of sp³-hybridized carbons (Fsp3) is 0.0909. The van der Waals surface area contributed by atoms with Crippen molar-refractivity contribution in [2.75, 3.05) is 5.32 Å². The summed E-state index contributed by atoms with van der Waals surface area (Å²) in [6.45, 7) is 0.0640. The average Bonchev–Trinajstić information content (AvgIpc) is 3.37. The molecule has 6 nitrogen and oxygen atoms in total. The summed E-state index contributed by atoms with van der Waals surface area (Å²) in [7, 11) is 0. The molecule has 4 rings (SSSR count). The molecule has 2 aromatic heterocycles. The lowest BCUT2D eigenvalue weighted by Gasteiger charge is -2.06. The summed E-state index contributed by atoms with van der Waals surface area (Å²) >= 11 is 15.3. The van der Waals surface area contributed by atoms with Gasteiger partial charge in [-0.25, -0.2) is 8.78 Å². The van der Waals surface area contributed by atoms with Crippen molar-refractivity contribution in [3.8, 4) is 5.75 Å². The lowest BCUT2D eigenvalue weighted by atomic mass is 10.2. The summed E-state index contributed by atoms with van der Waals surface area (Å²) in [5.41, 5.74) is 0.281. The molecule has 170 valence electrons. The number of benzene rings is 2. The standard InChI is InChI=1S/C22H14BrCl2F2N3O3/c23-15-10-30(9-14-16(24)2-1-3-18(14)27)29-21(15)28-22(31)20-7-5-13(33-20)11-32-19-6-4-12(26)8-17(19)25/h1-8,10H,9,11H2,(H,28,29,31). The third-order valence-electron chi connectivity index (χ3n) is 4.48. The maximum absolute atomic E-state index is 14.0. The Hall–Kier alpha value is -2.88. The van der Waals surface area contributed by atoms with Crippen LogP contribution in [0.5, 0.6) is 5.75 Å². The van der Waals surface area contributed by atoms with Gasteiger partial charge < -0.3 is 14.5 Å². The second kappa shape index (κ2) is 9.94. The molecule has 0 bridgehead atoms. The summed E-state index contributed by atoms with van der Waals surface area (Å²) in [6.07, 6.45) is 1.59. The van der Waals surface area contributed by atoms with Crippen molar-refractivity contribution in [2.45, 2.75) is 13.2 Å². The lowest BCUT2D eigenvalue weighted by Crippen LogP contribution is -2.12. The predicted molar refractivity (Wildman–Crippen MR) is 123 cm³/mol. The van der Waals surface area contributed by atoms with Crippen LogP contribution >= 0.6 is 39.1 Å². The molecule has 0 fully saturated rings. The van der Waals surface area contributed by atoms with Crippen LogP contribution in [0.3, 0.4) is 0 Å². The van der Waals surface area contributed by atoms with Crippen LogP contribution in [0.2, 0.25) is 10.0 Å². The number of furan rings is 1. The van der Waals surface area contributed by atoms with Crippen molar-refractivity contribution in [3.63, 3.8) is 0 Å². The Morgan fingerprint density at radius 3 is 2.73 bits per heavy atom. The van der Waals surface area contributed by atoms with Crippen molar-refractivity contribution < 1.29 is 22.7 Å². The van der Waals surface area contributed by atoms with Gasteiger partial charge in [0.1, 0.15) is 29.8 Å². The van der Waals surface area contributed by atoms with Gasteiger partial charge in [0, 0.05) is 16.8 Å². The monoisotopic (exact) mass is 555 g/mol. The second-order valence-electron chi connectivity index (χ2n) is 6.81. The summed E-state index contributed by atoms with van der Waals surface area (Å²) in [6, 6.07) is 11.2. The van der Waals surface area contributed by atoms with Gasteiger partial charge in [0.25, 0.3) is 5.91 Å². The van der Waals surface area contributed by atoms with Crippen molar-refractivity contribution in [2.24, 2.45) is 0 Å². The molecule has 2 aromatic carbocycles. The first-order chi connectivity index (χ1) is 15.8. The number of anilines is 1. The molecule has 0 unspecified atom stereocenters.